The second-order valence-corrected chi connectivity index (χ2v) is 6.25. The van der Waals surface area contributed by atoms with Crippen LogP contribution in [0.5, 0.6) is 17.2 Å². The first-order valence-electron chi connectivity index (χ1n) is 8.97. The van der Waals surface area contributed by atoms with Crippen molar-refractivity contribution >= 4 is 0 Å². The van der Waals surface area contributed by atoms with Gasteiger partial charge >= 0.3 is 0 Å². The molecule has 0 heterocycles. The van der Waals surface area contributed by atoms with Crippen molar-refractivity contribution in [1.29, 1.82) is 0 Å². The van der Waals surface area contributed by atoms with Crippen LogP contribution in [0, 0.1) is 6.92 Å². The second kappa shape index (κ2) is 9.33. The Bertz CT molecular complexity index is 685. The molecule has 0 saturated carbocycles. The van der Waals surface area contributed by atoms with E-state index in [-0.39, 0.29) is 11.7 Å². The monoisotopic (exact) mass is 343 g/mol. The van der Waals surface area contributed by atoms with Gasteiger partial charge in [-0.25, -0.2) is 0 Å². The highest BCUT2D eigenvalue weighted by atomic mass is 16.5. The highest BCUT2D eigenvalue weighted by molar-refractivity contribution is 5.43. The zero-order valence-corrected chi connectivity index (χ0v) is 15.4. The molecule has 0 bridgehead atoms. The summed E-state index contributed by atoms with van der Waals surface area (Å²) in [6.07, 6.45) is 1.79. The zero-order valence-electron chi connectivity index (χ0n) is 15.4. The zero-order chi connectivity index (χ0) is 18.2. The molecule has 0 fully saturated rings. The Kier molecular flexibility index (Phi) is 7.14. The van der Waals surface area contributed by atoms with Crippen LogP contribution in [-0.2, 0) is 6.42 Å². The van der Waals surface area contributed by atoms with Crippen molar-refractivity contribution in [2.45, 2.75) is 39.5 Å². The van der Waals surface area contributed by atoms with E-state index in [1.807, 2.05) is 25.1 Å². The number of hydrogen-bond donors (Lipinski definition) is 2. The van der Waals surface area contributed by atoms with Crippen LogP contribution in [0.3, 0.4) is 0 Å². The Hall–Kier alpha value is -2.20. The smallest absolute Gasteiger partial charge is 0.161 e. The molecule has 0 amide bonds. The normalized spacial score (nSPS) is 12.0. The van der Waals surface area contributed by atoms with E-state index in [2.05, 4.69) is 26.0 Å². The van der Waals surface area contributed by atoms with Crippen molar-refractivity contribution in [3.05, 3.63) is 53.1 Å². The van der Waals surface area contributed by atoms with Crippen molar-refractivity contribution in [1.82, 2.24) is 0 Å². The molecule has 0 aliphatic rings. The number of rotatable bonds is 9. The first kappa shape index (κ1) is 19.1. The third-order valence-electron chi connectivity index (χ3n) is 4.22. The van der Waals surface area contributed by atoms with Gasteiger partial charge < -0.3 is 20.3 Å². The lowest BCUT2D eigenvalue weighted by molar-refractivity contribution is 0.315. The van der Waals surface area contributed by atoms with Crippen LogP contribution < -0.4 is 15.2 Å². The lowest BCUT2D eigenvalue weighted by Gasteiger charge is -2.18. The molecule has 2 aromatic rings. The average Bonchev–Trinajstić information content (AvgIpc) is 2.61. The third kappa shape index (κ3) is 5.13. The van der Waals surface area contributed by atoms with Crippen LogP contribution in [0.15, 0.2) is 36.4 Å². The number of phenols is 1. The molecule has 4 nitrogen and oxygen atoms in total. The largest absolute Gasteiger partial charge is 0.504 e. The third-order valence-corrected chi connectivity index (χ3v) is 4.22. The Balaban J connectivity index is 2.17. The number of aromatic hydroxyl groups is 1. The topological polar surface area (TPSA) is 64.7 Å². The average molecular weight is 343 g/mol. The van der Waals surface area contributed by atoms with Gasteiger partial charge in [0.15, 0.2) is 11.5 Å². The molecular weight excluding hydrogens is 314 g/mol. The van der Waals surface area contributed by atoms with Crippen LogP contribution in [0.1, 0.15) is 42.9 Å². The Morgan fingerprint density at radius 1 is 1.04 bits per heavy atom. The molecule has 0 aliphatic heterocycles. The predicted octanol–water partition coefficient (Wildman–Crippen LogP) is 4.17. The first-order chi connectivity index (χ1) is 12.1. The summed E-state index contributed by atoms with van der Waals surface area (Å²) in [5, 5.41) is 9.85. The standard InChI is InChI=1S/C21H29NO3/c1-4-10-25-20-9-7-17(11-15(20)3)18(14-22)12-16-6-8-19(23)21(13-16)24-5-2/h6-9,11,13,18,23H,4-5,10,12,14,22H2,1-3H3. The minimum absolute atomic E-state index is 0.170. The molecule has 136 valence electrons. The summed E-state index contributed by atoms with van der Waals surface area (Å²) in [6.45, 7) is 7.88. The fraction of sp³-hybridized carbons (Fsp3) is 0.429. The summed E-state index contributed by atoms with van der Waals surface area (Å²) in [4.78, 5) is 0. The van der Waals surface area contributed by atoms with Gasteiger partial charge in [0, 0.05) is 5.92 Å². The van der Waals surface area contributed by atoms with E-state index in [1.165, 1.54) is 5.56 Å². The molecule has 3 N–H and O–H groups in total. The molecule has 0 saturated heterocycles. The minimum atomic E-state index is 0.170. The summed E-state index contributed by atoms with van der Waals surface area (Å²) in [7, 11) is 0. The van der Waals surface area contributed by atoms with E-state index < -0.39 is 0 Å². The van der Waals surface area contributed by atoms with E-state index >= 15 is 0 Å². The Labute approximate surface area is 150 Å². The van der Waals surface area contributed by atoms with Gasteiger partial charge in [-0.15, -0.1) is 0 Å². The fourth-order valence-corrected chi connectivity index (χ4v) is 2.88. The number of ether oxygens (including phenoxy) is 2. The van der Waals surface area contributed by atoms with Crippen molar-refractivity contribution in [3.8, 4) is 17.2 Å². The number of hydrogen-bond acceptors (Lipinski definition) is 4. The lowest BCUT2D eigenvalue weighted by Crippen LogP contribution is -2.15. The summed E-state index contributed by atoms with van der Waals surface area (Å²) in [5.41, 5.74) is 9.47. The van der Waals surface area contributed by atoms with Crippen molar-refractivity contribution in [3.63, 3.8) is 0 Å². The molecule has 25 heavy (non-hydrogen) atoms. The highest BCUT2D eigenvalue weighted by Gasteiger charge is 2.14. The number of phenolic OH excluding ortho intramolecular Hbond substituents is 1. The van der Waals surface area contributed by atoms with E-state index in [4.69, 9.17) is 15.2 Å². The van der Waals surface area contributed by atoms with Gasteiger partial charge in [0.05, 0.1) is 13.2 Å². The molecule has 2 aromatic carbocycles. The Morgan fingerprint density at radius 2 is 1.84 bits per heavy atom. The van der Waals surface area contributed by atoms with Gasteiger partial charge in [-0.1, -0.05) is 25.1 Å². The molecule has 0 spiro atoms. The quantitative estimate of drug-likeness (QED) is 0.717. The van der Waals surface area contributed by atoms with Gasteiger partial charge in [0.1, 0.15) is 5.75 Å². The molecular formula is C21H29NO3. The molecule has 0 radical (unpaired) electrons. The Morgan fingerprint density at radius 3 is 2.48 bits per heavy atom. The summed E-state index contributed by atoms with van der Waals surface area (Å²) in [6, 6.07) is 11.8. The van der Waals surface area contributed by atoms with Crippen LogP contribution in [-0.4, -0.2) is 24.9 Å². The van der Waals surface area contributed by atoms with Gasteiger partial charge in [-0.05, 0) is 68.1 Å². The fourth-order valence-electron chi connectivity index (χ4n) is 2.88. The second-order valence-electron chi connectivity index (χ2n) is 6.25. The maximum Gasteiger partial charge on any atom is 0.161 e. The predicted molar refractivity (Wildman–Crippen MR) is 102 cm³/mol. The molecule has 1 atom stereocenters. The summed E-state index contributed by atoms with van der Waals surface area (Å²) in [5.74, 6) is 1.83. The van der Waals surface area contributed by atoms with Crippen LogP contribution in [0.4, 0.5) is 0 Å². The van der Waals surface area contributed by atoms with Gasteiger partial charge in [0.2, 0.25) is 0 Å². The van der Waals surface area contributed by atoms with Gasteiger partial charge in [-0.3, -0.25) is 0 Å². The van der Waals surface area contributed by atoms with E-state index in [9.17, 15) is 5.11 Å². The number of aryl methyl sites for hydroxylation is 1. The van der Waals surface area contributed by atoms with E-state index in [1.54, 1.807) is 6.07 Å². The molecule has 1 unspecified atom stereocenters. The van der Waals surface area contributed by atoms with Gasteiger partial charge in [0.25, 0.3) is 0 Å². The maximum absolute atomic E-state index is 9.85. The number of nitrogens with two attached hydrogens (primary N) is 1. The number of benzene rings is 2. The van der Waals surface area contributed by atoms with Crippen LogP contribution in [0.25, 0.3) is 0 Å². The summed E-state index contributed by atoms with van der Waals surface area (Å²) < 4.78 is 11.2. The summed E-state index contributed by atoms with van der Waals surface area (Å²) >= 11 is 0. The van der Waals surface area contributed by atoms with Crippen molar-refractivity contribution in [2.75, 3.05) is 19.8 Å². The molecule has 0 aliphatic carbocycles. The highest BCUT2D eigenvalue weighted by Crippen LogP contribution is 2.30. The minimum Gasteiger partial charge on any atom is -0.504 e. The molecule has 2 rings (SSSR count). The lowest BCUT2D eigenvalue weighted by atomic mass is 9.91. The SMILES string of the molecule is CCCOc1ccc(C(CN)Cc2ccc(O)c(OCC)c2)cc1C. The van der Waals surface area contributed by atoms with E-state index in [0.29, 0.717) is 18.9 Å². The molecule has 0 aromatic heterocycles. The first-order valence-corrected chi connectivity index (χ1v) is 8.97. The van der Waals surface area contributed by atoms with Crippen molar-refractivity contribution < 1.29 is 14.6 Å². The molecule has 4 heteroatoms. The maximum atomic E-state index is 9.85. The van der Waals surface area contributed by atoms with Crippen molar-refractivity contribution in [2.24, 2.45) is 5.73 Å². The van der Waals surface area contributed by atoms with Crippen LogP contribution in [0.2, 0.25) is 0 Å². The van der Waals surface area contributed by atoms with E-state index in [0.717, 1.165) is 36.3 Å². The van der Waals surface area contributed by atoms with Crippen LogP contribution >= 0.6 is 0 Å². The van der Waals surface area contributed by atoms with Gasteiger partial charge in [-0.2, -0.15) is 0 Å².